The van der Waals surface area contributed by atoms with Crippen molar-refractivity contribution in [2.75, 3.05) is 25.1 Å². The van der Waals surface area contributed by atoms with Gasteiger partial charge in [0.1, 0.15) is 5.92 Å². The van der Waals surface area contributed by atoms with E-state index in [1.54, 1.807) is 17.1 Å². The van der Waals surface area contributed by atoms with Crippen molar-refractivity contribution in [2.45, 2.75) is 26.4 Å². The van der Waals surface area contributed by atoms with Crippen LogP contribution in [-0.4, -0.2) is 57.6 Å². The van der Waals surface area contributed by atoms with Crippen molar-refractivity contribution >= 4 is 17.7 Å². The van der Waals surface area contributed by atoms with Crippen molar-refractivity contribution in [3.05, 3.63) is 12.4 Å². The smallest absolute Gasteiger partial charge is 0.322 e. The number of carbonyl (C=O) groups is 2. The average Bonchev–Trinajstić information content (AvgIpc) is 3.08. The van der Waals surface area contributed by atoms with Gasteiger partial charge in [0.05, 0.1) is 31.1 Å². The van der Waals surface area contributed by atoms with Crippen molar-refractivity contribution in [1.82, 2.24) is 14.7 Å². The summed E-state index contributed by atoms with van der Waals surface area (Å²) in [5.41, 5.74) is 0.589. The van der Waals surface area contributed by atoms with Gasteiger partial charge in [-0.1, -0.05) is 0 Å². The van der Waals surface area contributed by atoms with Crippen LogP contribution in [0.15, 0.2) is 12.4 Å². The monoisotopic (exact) mass is 296 g/mol. The van der Waals surface area contributed by atoms with Crippen LogP contribution in [0, 0.1) is 5.92 Å². The largest absolute Gasteiger partial charge is 0.481 e. The summed E-state index contributed by atoms with van der Waals surface area (Å²) in [7, 11) is 0. The number of hydrogen-bond acceptors (Lipinski definition) is 4. The normalized spacial score (nSPS) is 21.2. The molecule has 1 aromatic rings. The maximum Gasteiger partial charge on any atom is 0.322 e. The molecule has 2 amide bonds. The summed E-state index contributed by atoms with van der Waals surface area (Å²) in [4.78, 5) is 25.0. The number of aromatic nitrogens is 2. The van der Waals surface area contributed by atoms with Crippen LogP contribution in [0.4, 0.5) is 10.5 Å². The van der Waals surface area contributed by atoms with E-state index >= 15 is 0 Å². The van der Waals surface area contributed by atoms with Crippen LogP contribution in [0.2, 0.25) is 0 Å². The molecule has 0 spiro atoms. The highest BCUT2D eigenvalue weighted by atomic mass is 16.5. The molecule has 1 aliphatic heterocycles. The quantitative estimate of drug-likeness (QED) is 0.840. The fourth-order valence-electron chi connectivity index (χ4n) is 2.41. The average molecular weight is 296 g/mol. The number of hydrogen-bond donors (Lipinski definition) is 2. The Hall–Kier alpha value is -2.09. The SMILES string of the molecule is CCN(C(=O)Nc1cnn(CC)c1)C1COCC1C(=O)O. The summed E-state index contributed by atoms with van der Waals surface area (Å²) >= 11 is 0. The third-order valence-corrected chi connectivity index (χ3v) is 3.58. The number of urea groups is 1. The van der Waals surface area contributed by atoms with Gasteiger partial charge in [-0.15, -0.1) is 0 Å². The topological polar surface area (TPSA) is 96.7 Å². The Morgan fingerprint density at radius 1 is 1.52 bits per heavy atom. The molecule has 116 valence electrons. The minimum Gasteiger partial charge on any atom is -0.481 e. The number of likely N-dealkylation sites (N-methyl/N-ethyl adjacent to an activating group) is 1. The zero-order valence-corrected chi connectivity index (χ0v) is 12.2. The van der Waals surface area contributed by atoms with Crippen molar-refractivity contribution in [2.24, 2.45) is 5.92 Å². The highest BCUT2D eigenvalue weighted by Gasteiger charge is 2.39. The number of aliphatic carboxylic acids is 1. The second-order valence-electron chi connectivity index (χ2n) is 4.85. The number of anilines is 1. The lowest BCUT2D eigenvalue weighted by atomic mass is 10.0. The first kappa shape index (κ1) is 15.3. The number of ether oxygens (including phenoxy) is 1. The molecule has 0 aromatic carbocycles. The molecule has 2 heterocycles. The fourth-order valence-corrected chi connectivity index (χ4v) is 2.41. The van der Waals surface area contributed by atoms with E-state index in [4.69, 9.17) is 4.74 Å². The number of carboxylic acids is 1. The number of aryl methyl sites for hydroxylation is 1. The molecular weight excluding hydrogens is 276 g/mol. The van der Waals surface area contributed by atoms with Gasteiger partial charge in [-0.05, 0) is 13.8 Å². The molecule has 1 saturated heterocycles. The minimum absolute atomic E-state index is 0.136. The standard InChI is InChI=1S/C13H20N4O4/c1-3-16-6-9(5-14-16)15-13(20)17(4-2)11-8-21-7-10(11)12(18)19/h5-6,10-11H,3-4,7-8H2,1-2H3,(H,15,20)(H,18,19). The Kier molecular flexibility index (Phi) is 4.79. The van der Waals surface area contributed by atoms with Crippen LogP contribution in [-0.2, 0) is 16.1 Å². The van der Waals surface area contributed by atoms with Crippen LogP contribution in [0.5, 0.6) is 0 Å². The van der Waals surface area contributed by atoms with E-state index in [1.807, 2.05) is 13.8 Å². The van der Waals surface area contributed by atoms with Crippen LogP contribution in [0.3, 0.4) is 0 Å². The van der Waals surface area contributed by atoms with Gasteiger partial charge in [-0.25, -0.2) is 4.79 Å². The summed E-state index contributed by atoms with van der Waals surface area (Å²) < 4.78 is 6.92. The van der Waals surface area contributed by atoms with Gasteiger partial charge in [-0.2, -0.15) is 5.10 Å². The van der Waals surface area contributed by atoms with Crippen molar-refractivity contribution < 1.29 is 19.4 Å². The lowest BCUT2D eigenvalue weighted by molar-refractivity contribution is -0.142. The molecule has 1 fully saturated rings. The van der Waals surface area contributed by atoms with E-state index in [0.29, 0.717) is 18.8 Å². The van der Waals surface area contributed by atoms with E-state index in [-0.39, 0.29) is 19.2 Å². The van der Waals surface area contributed by atoms with Gasteiger partial charge in [0, 0.05) is 19.3 Å². The third kappa shape index (κ3) is 3.33. The lowest BCUT2D eigenvalue weighted by Gasteiger charge is -2.29. The zero-order chi connectivity index (χ0) is 15.4. The molecular formula is C13H20N4O4. The van der Waals surface area contributed by atoms with Crippen LogP contribution < -0.4 is 5.32 Å². The predicted molar refractivity (Wildman–Crippen MR) is 75.0 cm³/mol. The van der Waals surface area contributed by atoms with Gasteiger partial charge in [0.2, 0.25) is 0 Å². The molecule has 2 atom stereocenters. The fraction of sp³-hybridized carbons (Fsp3) is 0.615. The van der Waals surface area contributed by atoms with E-state index in [0.717, 1.165) is 0 Å². The molecule has 1 aliphatic rings. The number of rotatable bonds is 5. The Morgan fingerprint density at radius 3 is 2.86 bits per heavy atom. The minimum atomic E-state index is -0.942. The van der Waals surface area contributed by atoms with Crippen LogP contribution >= 0.6 is 0 Å². The molecule has 1 aromatic heterocycles. The Bertz CT molecular complexity index is 516. The summed E-state index contributed by atoms with van der Waals surface area (Å²) in [6.07, 6.45) is 3.29. The van der Waals surface area contributed by atoms with Gasteiger partial charge in [0.15, 0.2) is 0 Å². The molecule has 21 heavy (non-hydrogen) atoms. The number of amides is 2. The van der Waals surface area contributed by atoms with E-state index < -0.39 is 17.9 Å². The number of carboxylic acid groups (broad SMARTS) is 1. The highest BCUT2D eigenvalue weighted by Crippen LogP contribution is 2.21. The first-order chi connectivity index (χ1) is 10.1. The van der Waals surface area contributed by atoms with Gasteiger partial charge >= 0.3 is 12.0 Å². The maximum atomic E-state index is 12.3. The number of nitrogens with zero attached hydrogens (tertiary/aromatic N) is 3. The second-order valence-corrected chi connectivity index (χ2v) is 4.85. The molecule has 2 N–H and O–H groups in total. The van der Waals surface area contributed by atoms with Gasteiger partial charge in [-0.3, -0.25) is 9.48 Å². The molecule has 2 unspecified atom stereocenters. The van der Waals surface area contributed by atoms with Crippen molar-refractivity contribution in [3.63, 3.8) is 0 Å². The summed E-state index contributed by atoms with van der Waals surface area (Å²) in [5, 5.41) is 16.0. The Balaban J connectivity index is 2.06. The zero-order valence-electron chi connectivity index (χ0n) is 12.2. The summed E-state index contributed by atoms with van der Waals surface area (Å²) in [5.74, 6) is -1.63. The summed E-state index contributed by atoms with van der Waals surface area (Å²) in [6.45, 7) is 5.26. The maximum absolute atomic E-state index is 12.3. The highest BCUT2D eigenvalue weighted by molar-refractivity contribution is 5.89. The van der Waals surface area contributed by atoms with Crippen molar-refractivity contribution in [1.29, 1.82) is 0 Å². The van der Waals surface area contributed by atoms with E-state index in [1.165, 1.54) is 4.90 Å². The molecule has 8 heteroatoms. The predicted octanol–water partition coefficient (Wildman–Crippen LogP) is 0.856. The lowest BCUT2D eigenvalue weighted by Crippen LogP contribution is -2.48. The Morgan fingerprint density at radius 2 is 2.29 bits per heavy atom. The first-order valence-corrected chi connectivity index (χ1v) is 6.97. The molecule has 0 radical (unpaired) electrons. The van der Waals surface area contributed by atoms with E-state index in [2.05, 4.69) is 10.4 Å². The van der Waals surface area contributed by atoms with Crippen molar-refractivity contribution in [3.8, 4) is 0 Å². The van der Waals surface area contributed by atoms with Gasteiger partial charge in [0.25, 0.3) is 0 Å². The van der Waals surface area contributed by atoms with Crippen LogP contribution in [0.1, 0.15) is 13.8 Å². The third-order valence-electron chi connectivity index (χ3n) is 3.58. The molecule has 0 saturated carbocycles. The van der Waals surface area contributed by atoms with Crippen LogP contribution in [0.25, 0.3) is 0 Å². The van der Waals surface area contributed by atoms with E-state index in [9.17, 15) is 14.7 Å². The second kappa shape index (κ2) is 6.57. The molecule has 0 aliphatic carbocycles. The summed E-state index contributed by atoms with van der Waals surface area (Å²) in [6, 6.07) is -0.788. The Labute approximate surface area is 122 Å². The van der Waals surface area contributed by atoms with Gasteiger partial charge < -0.3 is 20.1 Å². The molecule has 8 nitrogen and oxygen atoms in total. The number of carbonyl (C=O) groups excluding carboxylic acids is 1. The molecule has 0 bridgehead atoms. The first-order valence-electron chi connectivity index (χ1n) is 6.97. The molecule has 2 rings (SSSR count). The number of nitrogens with one attached hydrogen (secondary N) is 1.